The average molecular weight is 172 g/mol. The Morgan fingerprint density at radius 1 is 1.75 bits per heavy atom. The fraction of sp³-hybridized carbons (Fsp3) is 0.429. The number of aryl methyl sites for hydroxylation is 1. The van der Waals surface area contributed by atoms with E-state index in [1.54, 1.807) is 12.5 Å². The van der Waals surface area contributed by atoms with Crippen LogP contribution in [0.15, 0.2) is 18.7 Å². The number of nitrogens with zero attached hydrogens (tertiary/aromatic N) is 2. The first-order valence-corrected chi connectivity index (χ1v) is 3.29. The zero-order valence-corrected chi connectivity index (χ0v) is 7.10. The van der Waals surface area contributed by atoms with E-state index < -0.39 is 5.97 Å². The van der Waals surface area contributed by atoms with E-state index in [2.05, 4.69) is 9.72 Å². The lowest BCUT2D eigenvalue weighted by molar-refractivity contribution is -0.141. The Balaban J connectivity index is 0.000000202. The molecule has 5 nitrogen and oxygen atoms in total. The SMILES string of the molecule is COCC(=O)O.Cn1ccnc1. The fourth-order valence-electron chi connectivity index (χ4n) is 0.449. The molecule has 68 valence electrons. The quantitative estimate of drug-likeness (QED) is 0.689. The van der Waals surface area contributed by atoms with Crippen LogP contribution in [0.2, 0.25) is 0 Å². The van der Waals surface area contributed by atoms with Crippen molar-refractivity contribution in [3.05, 3.63) is 18.7 Å². The van der Waals surface area contributed by atoms with Gasteiger partial charge in [-0.25, -0.2) is 9.78 Å². The number of imidazole rings is 1. The number of hydrogen-bond donors (Lipinski definition) is 1. The van der Waals surface area contributed by atoms with Crippen molar-refractivity contribution >= 4 is 5.97 Å². The second kappa shape index (κ2) is 6.36. The van der Waals surface area contributed by atoms with Crippen LogP contribution in [-0.4, -0.2) is 34.3 Å². The summed E-state index contributed by atoms with van der Waals surface area (Å²) in [4.78, 5) is 13.3. The number of carboxylic acids is 1. The van der Waals surface area contributed by atoms with Crippen LogP contribution in [0.3, 0.4) is 0 Å². The van der Waals surface area contributed by atoms with E-state index >= 15 is 0 Å². The maximum atomic E-state index is 9.47. The Morgan fingerprint density at radius 2 is 2.42 bits per heavy atom. The zero-order chi connectivity index (χ0) is 9.40. The first-order valence-electron chi connectivity index (χ1n) is 3.29. The van der Waals surface area contributed by atoms with Gasteiger partial charge in [-0.15, -0.1) is 0 Å². The highest BCUT2D eigenvalue weighted by Crippen LogP contribution is 1.73. The minimum absolute atomic E-state index is 0.208. The third kappa shape index (κ3) is 6.76. The van der Waals surface area contributed by atoms with E-state index in [1.807, 2.05) is 17.8 Å². The van der Waals surface area contributed by atoms with Crippen LogP contribution < -0.4 is 0 Å². The molecule has 12 heavy (non-hydrogen) atoms. The Kier molecular flexibility index (Phi) is 5.64. The number of carboxylic acid groups (broad SMARTS) is 1. The molecule has 0 atom stereocenters. The Hall–Kier alpha value is -1.36. The minimum Gasteiger partial charge on any atom is -0.480 e. The monoisotopic (exact) mass is 172 g/mol. The van der Waals surface area contributed by atoms with Crippen molar-refractivity contribution in [2.75, 3.05) is 13.7 Å². The molecule has 0 aliphatic carbocycles. The highest BCUT2D eigenvalue weighted by atomic mass is 16.5. The Labute approximate surface area is 70.6 Å². The van der Waals surface area contributed by atoms with Crippen molar-refractivity contribution in [3.63, 3.8) is 0 Å². The van der Waals surface area contributed by atoms with Crippen LogP contribution in [-0.2, 0) is 16.6 Å². The number of ether oxygens (including phenoxy) is 1. The lowest BCUT2D eigenvalue weighted by Crippen LogP contribution is -2.02. The summed E-state index contributed by atoms with van der Waals surface area (Å²) in [6, 6.07) is 0. The number of hydrogen-bond acceptors (Lipinski definition) is 3. The largest absolute Gasteiger partial charge is 0.480 e. The van der Waals surface area contributed by atoms with Gasteiger partial charge in [0, 0.05) is 26.6 Å². The molecule has 1 aromatic heterocycles. The molecule has 0 bridgehead atoms. The molecule has 0 spiro atoms. The van der Waals surface area contributed by atoms with Crippen molar-refractivity contribution in [1.82, 2.24) is 9.55 Å². The van der Waals surface area contributed by atoms with E-state index in [9.17, 15) is 4.79 Å². The topological polar surface area (TPSA) is 64.3 Å². The van der Waals surface area contributed by atoms with Crippen LogP contribution in [0.5, 0.6) is 0 Å². The second-order valence-electron chi connectivity index (χ2n) is 2.05. The van der Waals surface area contributed by atoms with Gasteiger partial charge < -0.3 is 14.4 Å². The third-order valence-electron chi connectivity index (χ3n) is 0.904. The first kappa shape index (κ1) is 10.6. The van der Waals surface area contributed by atoms with E-state index in [4.69, 9.17) is 5.11 Å². The molecule has 0 aliphatic rings. The highest BCUT2D eigenvalue weighted by Gasteiger charge is 1.87. The van der Waals surface area contributed by atoms with Gasteiger partial charge in [-0.05, 0) is 0 Å². The van der Waals surface area contributed by atoms with Crippen LogP contribution in [0.25, 0.3) is 0 Å². The van der Waals surface area contributed by atoms with Crippen LogP contribution in [0, 0.1) is 0 Å². The summed E-state index contributed by atoms with van der Waals surface area (Å²) in [5.41, 5.74) is 0. The molecule has 0 aromatic carbocycles. The van der Waals surface area contributed by atoms with Gasteiger partial charge in [-0.2, -0.15) is 0 Å². The van der Waals surface area contributed by atoms with Crippen LogP contribution >= 0.6 is 0 Å². The molecule has 1 aromatic rings. The predicted molar refractivity (Wildman–Crippen MR) is 42.7 cm³/mol. The van der Waals surface area contributed by atoms with Gasteiger partial charge >= 0.3 is 5.97 Å². The molecule has 0 radical (unpaired) electrons. The smallest absolute Gasteiger partial charge is 0.329 e. The first-order chi connectivity index (χ1) is 5.66. The molecule has 0 fully saturated rings. The molecular weight excluding hydrogens is 160 g/mol. The number of aliphatic carboxylic acids is 1. The van der Waals surface area contributed by atoms with Crippen molar-refractivity contribution in [2.45, 2.75) is 0 Å². The Bertz CT molecular complexity index is 208. The van der Waals surface area contributed by atoms with Crippen molar-refractivity contribution in [2.24, 2.45) is 7.05 Å². The molecule has 0 aliphatic heterocycles. The number of aromatic nitrogens is 2. The lowest BCUT2D eigenvalue weighted by Gasteiger charge is -1.83. The summed E-state index contributed by atoms with van der Waals surface area (Å²) < 4.78 is 6.09. The average Bonchev–Trinajstić information content (AvgIpc) is 2.40. The van der Waals surface area contributed by atoms with Crippen molar-refractivity contribution in [3.8, 4) is 0 Å². The van der Waals surface area contributed by atoms with Gasteiger partial charge in [0.15, 0.2) is 0 Å². The lowest BCUT2D eigenvalue weighted by atomic mass is 10.8. The molecule has 1 N–H and O–H groups in total. The van der Waals surface area contributed by atoms with Crippen molar-refractivity contribution in [1.29, 1.82) is 0 Å². The van der Waals surface area contributed by atoms with E-state index in [-0.39, 0.29) is 6.61 Å². The van der Waals surface area contributed by atoms with E-state index in [1.165, 1.54) is 7.11 Å². The summed E-state index contributed by atoms with van der Waals surface area (Å²) >= 11 is 0. The van der Waals surface area contributed by atoms with Crippen molar-refractivity contribution < 1.29 is 14.6 Å². The summed E-state index contributed by atoms with van der Waals surface area (Å²) in [6.07, 6.45) is 5.39. The molecule has 1 rings (SSSR count). The van der Waals surface area contributed by atoms with Gasteiger partial charge in [-0.1, -0.05) is 0 Å². The molecule has 5 heteroatoms. The Morgan fingerprint density at radius 3 is 2.50 bits per heavy atom. The fourth-order valence-corrected chi connectivity index (χ4v) is 0.449. The van der Waals surface area contributed by atoms with Gasteiger partial charge in [0.25, 0.3) is 0 Å². The third-order valence-corrected chi connectivity index (χ3v) is 0.904. The molecule has 0 saturated carbocycles. The summed E-state index contributed by atoms with van der Waals surface area (Å²) in [5.74, 6) is -0.933. The van der Waals surface area contributed by atoms with Gasteiger partial charge in [0.2, 0.25) is 0 Å². The zero-order valence-electron chi connectivity index (χ0n) is 7.10. The van der Waals surface area contributed by atoms with E-state index in [0.717, 1.165) is 0 Å². The molecular formula is C7H12N2O3. The second-order valence-corrected chi connectivity index (χ2v) is 2.05. The summed E-state index contributed by atoms with van der Waals surface area (Å²) in [6.45, 7) is -0.208. The molecule has 0 amide bonds. The molecule has 0 unspecified atom stereocenters. The van der Waals surface area contributed by atoms with E-state index in [0.29, 0.717) is 0 Å². The maximum absolute atomic E-state index is 9.47. The van der Waals surface area contributed by atoms with Gasteiger partial charge in [-0.3, -0.25) is 0 Å². The number of methoxy groups -OCH3 is 1. The van der Waals surface area contributed by atoms with Gasteiger partial charge in [0.05, 0.1) is 6.33 Å². The summed E-state index contributed by atoms with van der Waals surface area (Å²) in [5, 5.41) is 7.79. The number of carbonyl (C=O) groups is 1. The highest BCUT2D eigenvalue weighted by molar-refractivity contribution is 5.67. The summed E-state index contributed by atoms with van der Waals surface area (Å²) in [7, 11) is 3.28. The van der Waals surface area contributed by atoms with Gasteiger partial charge in [0.1, 0.15) is 6.61 Å². The van der Waals surface area contributed by atoms with Crippen LogP contribution in [0.1, 0.15) is 0 Å². The standard InChI is InChI=1S/C4H6N2.C3H6O3/c1-6-3-2-5-4-6;1-6-2-3(4)5/h2-4H,1H3;2H2,1H3,(H,4,5). The molecule has 1 heterocycles. The molecule has 0 saturated heterocycles. The maximum Gasteiger partial charge on any atom is 0.329 e. The predicted octanol–water partition coefficient (Wildman–Crippen LogP) is 0.137. The van der Waals surface area contributed by atoms with Crippen LogP contribution in [0.4, 0.5) is 0 Å². The minimum atomic E-state index is -0.933. The number of rotatable bonds is 2. The normalized spacial score (nSPS) is 8.50.